The molecule has 142 valence electrons. The molecule has 2 aromatic carbocycles. The molecule has 0 spiro atoms. The van der Waals surface area contributed by atoms with E-state index in [2.05, 4.69) is 11.9 Å². The maximum atomic E-state index is 12.6. The summed E-state index contributed by atoms with van der Waals surface area (Å²) >= 11 is 0. The van der Waals surface area contributed by atoms with Crippen LogP contribution < -0.4 is 24.3 Å². The monoisotopic (exact) mass is 369 g/mol. The molecule has 6 heteroatoms. The summed E-state index contributed by atoms with van der Waals surface area (Å²) in [4.78, 5) is 12.6. The highest BCUT2D eigenvalue weighted by atomic mass is 16.6. The summed E-state index contributed by atoms with van der Waals surface area (Å²) in [6.07, 6.45) is 2.07. The number of rotatable bonds is 7. The van der Waals surface area contributed by atoms with E-state index in [1.54, 1.807) is 32.4 Å². The van der Waals surface area contributed by atoms with E-state index in [-0.39, 0.29) is 12.0 Å². The van der Waals surface area contributed by atoms with Crippen molar-refractivity contribution in [3.8, 4) is 23.0 Å². The molecular formula is C21H23NO5. The average Bonchev–Trinajstić information content (AvgIpc) is 2.71. The largest absolute Gasteiger partial charge is 0.493 e. The number of ether oxygens (including phenoxy) is 4. The molecule has 27 heavy (non-hydrogen) atoms. The van der Waals surface area contributed by atoms with Crippen LogP contribution in [0.2, 0.25) is 0 Å². The van der Waals surface area contributed by atoms with Crippen LogP contribution in [0.1, 0.15) is 15.9 Å². The highest BCUT2D eigenvalue weighted by molar-refractivity contribution is 5.95. The minimum absolute atomic E-state index is 0.219. The molecule has 6 nitrogen and oxygen atoms in total. The van der Waals surface area contributed by atoms with Gasteiger partial charge >= 0.3 is 0 Å². The molecule has 1 heterocycles. The van der Waals surface area contributed by atoms with Crippen LogP contribution in [0.15, 0.2) is 49.1 Å². The zero-order chi connectivity index (χ0) is 19.2. The minimum atomic E-state index is -0.253. The van der Waals surface area contributed by atoms with Gasteiger partial charge in [0.15, 0.2) is 23.0 Å². The van der Waals surface area contributed by atoms with Gasteiger partial charge in [0.05, 0.1) is 20.8 Å². The smallest absolute Gasteiger partial charge is 0.251 e. The van der Waals surface area contributed by atoms with Gasteiger partial charge in [0.25, 0.3) is 5.91 Å². The first kappa shape index (κ1) is 18.6. The van der Waals surface area contributed by atoms with Crippen LogP contribution >= 0.6 is 0 Å². The maximum Gasteiger partial charge on any atom is 0.251 e. The van der Waals surface area contributed by atoms with Crippen LogP contribution in [-0.2, 0) is 6.42 Å². The summed E-state index contributed by atoms with van der Waals surface area (Å²) in [5.74, 6) is 2.29. The normalized spacial score (nSPS) is 15.0. The van der Waals surface area contributed by atoms with Crippen LogP contribution in [0, 0.1) is 0 Å². The Kier molecular flexibility index (Phi) is 5.86. The second kappa shape index (κ2) is 8.49. The molecular weight excluding hydrogens is 346 g/mol. The van der Waals surface area contributed by atoms with E-state index in [0.29, 0.717) is 48.1 Å². The van der Waals surface area contributed by atoms with E-state index in [9.17, 15) is 4.79 Å². The average molecular weight is 369 g/mol. The molecule has 1 unspecified atom stereocenters. The second-order valence-corrected chi connectivity index (χ2v) is 6.07. The van der Waals surface area contributed by atoms with Crippen molar-refractivity contribution in [3.63, 3.8) is 0 Å². The Labute approximate surface area is 158 Å². The van der Waals surface area contributed by atoms with Crippen molar-refractivity contribution in [1.29, 1.82) is 0 Å². The number of fused-ring (bicyclic) bond motifs is 1. The number of carbonyl (C=O) groups is 1. The fourth-order valence-corrected chi connectivity index (χ4v) is 2.95. The number of allylic oxidation sites excluding steroid dienone is 1. The van der Waals surface area contributed by atoms with E-state index in [0.717, 1.165) is 5.56 Å². The maximum absolute atomic E-state index is 12.6. The first-order valence-electron chi connectivity index (χ1n) is 8.68. The Morgan fingerprint density at radius 1 is 1.26 bits per heavy atom. The Hall–Kier alpha value is -3.15. The molecule has 1 aliphatic rings. The molecule has 0 aromatic heterocycles. The van der Waals surface area contributed by atoms with Crippen molar-refractivity contribution < 1.29 is 23.7 Å². The second-order valence-electron chi connectivity index (χ2n) is 6.07. The third kappa shape index (κ3) is 4.16. The van der Waals surface area contributed by atoms with Gasteiger partial charge in [-0.1, -0.05) is 18.2 Å². The van der Waals surface area contributed by atoms with Gasteiger partial charge in [-0.2, -0.15) is 0 Å². The van der Waals surface area contributed by atoms with Crippen LogP contribution in [0.3, 0.4) is 0 Å². The van der Waals surface area contributed by atoms with E-state index < -0.39 is 0 Å². The van der Waals surface area contributed by atoms with Crippen LogP contribution in [-0.4, -0.2) is 39.4 Å². The molecule has 1 atom stereocenters. The number of hydrogen-bond acceptors (Lipinski definition) is 5. The molecule has 0 bridgehead atoms. The molecule has 0 radical (unpaired) electrons. The molecule has 1 N–H and O–H groups in total. The third-order valence-corrected chi connectivity index (χ3v) is 4.24. The Bertz CT molecular complexity index is 833. The van der Waals surface area contributed by atoms with Gasteiger partial charge in [0, 0.05) is 11.1 Å². The fraction of sp³-hybridized carbons (Fsp3) is 0.286. The molecule has 0 saturated carbocycles. The molecule has 1 aliphatic heterocycles. The molecule has 0 saturated heterocycles. The van der Waals surface area contributed by atoms with E-state index in [1.807, 2.05) is 24.3 Å². The van der Waals surface area contributed by atoms with Crippen molar-refractivity contribution in [2.75, 3.05) is 27.4 Å². The predicted molar refractivity (Wildman–Crippen MR) is 102 cm³/mol. The van der Waals surface area contributed by atoms with Gasteiger partial charge in [-0.15, -0.1) is 6.58 Å². The first-order valence-corrected chi connectivity index (χ1v) is 8.68. The van der Waals surface area contributed by atoms with Gasteiger partial charge in [-0.3, -0.25) is 4.79 Å². The minimum Gasteiger partial charge on any atom is -0.493 e. The lowest BCUT2D eigenvalue weighted by Crippen LogP contribution is -2.40. The zero-order valence-corrected chi connectivity index (χ0v) is 15.5. The summed E-state index contributed by atoms with van der Waals surface area (Å²) < 4.78 is 22.3. The van der Waals surface area contributed by atoms with Crippen molar-refractivity contribution in [1.82, 2.24) is 5.32 Å². The van der Waals surface area contributed by atoms with Crippen molar-refractivity contribution >= 4 is 5.91 Å². The highest BCUT2D eigenvalue weighted by Gasteiger charge is 2.22. The molecule has 3 rings (SSSR count). The molecule has 0 aliphatic carbocycles. The summed E-state index contributed by atoms with van der Waals surface area (Å²) in [5, 5.41) is 2.89. The Morgan fingerprint density at radius 2 is 2.04 bits per heavy atom. The van der Waals surface area contributed by atoms with Gasteiger partial charge in [-0.05, 0) is 30.7 Å². The molecule has 1 amide bonds. The number of methoxy groups -OCH3 is 2. The summed E-state index contributed by atoms with van der Waals surface area (Å²) in [5.41, 5.74) is 1.32. The highest BCUT2D eigenvalue weighted by Crippen LogP contribution is 2.33. The fourth-order valence-electron chi connectivity index (χ4n) is 2.95. The van der Waals surface area contributed by atoms with Gasteiger partial charge in [-0.25, -0.2) is 0 Å². The first-order chi connectivity index (χ1) is 13.2. The SMILES string of the molecule is C=CCc1cc(C(=O)NCC2COc3ccccc3O2)cc(OC)c1OC. The Morgan fingerprint density at radius 3 is 2.74 bits per heavy atom. The topological polar surface area (TPSA) is 66.0 Å². The van der Waals surface area contributed by atoms with Crippen molar-refractivity contribution in [2.45, 2.75) is 12.5 Å². The summed E-state index contributed by atoms with van der Waals surface area (Å²) in [7, 11) is 3.12. The number of hydrogen-bond donors (Lipinski definition) is 1. The van der Waals surface area contributed by atoms with Crippen molar-refractivity contribution in [3.05, 3.63) is 60.2 Å². The van der Waals surface area contributed by atoms with Crippen molar-refractivity contribution in [2.24, 2.45) is 0 Å². The van der Waals surface area contributed by atoms with E-state index in [4.69, 9.17) is 18.9 Å². The Balaban J connectivity index is 1.69. The zero-order valence-electron chi connectivity index (χ0n) is 15.5. The molecule has 2 aromatic rings. The number of nitrogens with one attached hydrogen (secondary N) is 1. The quantitative estimate of drug-likeness (QED) is 0.760. The van der Waals surface area contributed by atoms with E-state index >= 15 is 0 Å². The standard InChI is InChI=1S/C21H23NO5/c1-4-7-14-10-15(11-19(24-2)20(14)25-3)21(23)22-12-16-13-26-17-8-5-6-9-18(17)27-16/h4-6,8-11,16H,1,7,12-13H2,2-3H3,(H,22,23). The number of benzene rings is 2. The lowest BCUT2D eigenvalue weighted by Gasteiger charge is -2.26. The van der Waals surface area contributed by atoms with Crippen LogP contribution in [0.5, 0.6) is 23.0 Å². The predicted octanol–water partition coefficient (Wildman–Crippen LogP) is 3.00. The number of carbonyl (C=O) groups excluding carboxylic acids is 1. The number of amides is 1. The summed E-state index contributed by atoms with van der Waals surface area (Å²) in [6, 6.07) is 10.9. The van der Waals surface area contributed by atoms with Crippen LogP contribution in [0.25, 0.3) is 0 Å². The molecule has 0 fully saturated rings. The van der Waals surface area contributed by atoms with Gasteiger partial charge < -0.3 is 24.3 Å². The van der Waals surface area contributed by atoms with Gasteiger partial charge in [0.2, 0.25) is 0 Å². The van der Waals surface area contributed by atoms with Gasteiger partial charge in [0.1, 0.15) is 12.7 Å². The number of para-hydroxylation sites is 2. The third-order valence-electron chi connectivity index (χ3n) is 4.24. The lowest BCUT2D eigenvalue weighted by molar-refractivity contribution is 0.0789. The van der Waals surface area contributed by atoms with E-state index in [1.165, 1.54) is 0 Å². The lowest BCUT2D eigenvalue weighted by atomic mass is 10.0. The summed E-state index contributed by atoms with van der Waals surface area (Å²) in [6.45, 7) is 4.46. The van der Waals surface area contributed by atoms with Crippen LogP contribution in [0.4, 0.5) is 0 Å².